The van der Waals surface area contributed by atoms with Crippen molar-refractivity contribution in [3.05, 3.63) is 0 Å². The van der Waals surface area contributed by atoms with Gasteiger partial charge in [0.25, 0.3) is 0 Å². The van der Waals surface area contributed by atoms with Crippen LogP contribution in [0.25, 0.3) is 0 Å². The molecule has 0 rings (SSSR count). The zero-order chi connectivity index (χ0) is 13.3. The molecule has 0 aliphatic rings. The van der Waals surface area contributed by atoms with Crippen LogP contribution in [0.1, 0.15) is 46.5 Å². The van der Waals surface area contributed by atoms with Crippen molar-refractivity contribution in [2.45, 2.75) is 52.5 Å². The van der Waals surface area contributed by atoms with Gasteiger partial charge < -0.3 is 15.7 Å². The predicted molar refractivity (Wildman–Crippen MR) is 66.9 cm³/mol. The van der Waals surface area contributed by atoms with E-state index in [0.29, 0.717) is 18.9 Å². The van der Waals surface area contributed by atoms with Crippen LogP contribution in [0.15, 0.2) is 0 Å². The molecule has 0 aliphatic heterocycles. The van der Waals surface area contributed by atoms with E-state index in [4.69, 9.17) is 5.11 Å². The summed E-state index contributed by atoms with van der Waals surface area (Å²) in [4.78, 5) is 22.3. The molecule has 5 heteroatoms. The number of carbonyl (C=O) groups excluding carboxylic acids is 1. The minimum Gasteiger partial charge on any atom is -0.480 e. The summed E-state index contributed by atoms with van der Waals surface area (Å²) in [6.45, 7) is 6.63. The molecule has 0 aliphatic carbocycles. The lowest BCUT2D eigenvalue weighted by atomic mass is 10.0. The Hall–Kier alpha value is -1.26. The van der Waals surface area contributed by atoms with Gasteiger partial charge in [-0.05, 0) is 12.3 Å². The van der Waals surface area contributed by atoms with Crippen LogP contribution in [-0.2, 0) is 4.79 Å². The van der Waals surface area contributed by atoms with Crippen LogP contribution in [0, 0.1) is 5.92 Å². The quantitative estimate of drug-likeness (QED) is 0.611. The summed E-state index contributed by atoms with van der Waals surface area (Å²) in [7, 11) is 0. The maximum absolute atomic E-state index is 11.5. The van der Waals surface area contributed by atoms with Crippen LogP contribution in [-0.4, -0.2) is 29.7 Å². The van der Waals surface area contributed by atoms with Gasteiger partial charge in [0.15, 0.2) is 0 Å². The molecule has 100 valence electrons. The molecule has 0 bridgehead atoms. The Labute approximate surface area is 103 Å². The Bertz CT molecular complexity index is 240. The molecule has 0 heterocycles. The smallest absolute Gasteiger partial charge is 0.326 e. The summed E-state index contributed by atoms with van der Waals surface area (Å²) in [5, 5.41) is 14.1. The first-order valence-corrected chi connectivity index (χ1v) is 6.32. The van der Waals surface area contributed by atoms with Crippen molar-refractivity contribution in [2.75, 3.05) is 6.54 Å². The molecule has 0 saturated heterocycles. The molecular formula is C12H24N2O3. The minimum atomic E-state index is -0.982. The zero-order valence-electron chi connectivity index (χ0n) is 11.0. The van der Waals surface area contributed by atoms with Crippen LogP contribution in [0.5, 0.6) is 0 Å². The second-order valence-corrected chi connectivity index (χ2v) is 4.22. The lowest BCUT2D eigenvalue weighted by Gasteiger charge is -2.17. The van der Waals surface area contributed by atoms with Crippen LogP contribution < -0.4 is 10.6 Å². The van der Waals surface area contributed by atoms with Gasteiger partial charge in [0, 0.05) is 6.54 Å². The third-order valence-electron chi connectivity index (χ3n) is 2.89. The van der Waals surface area contributed by atoms with Crippen LogP contribution in [0.4, 0.5) is 4.79 Å². The first-order chi connectivity index (χ1) is 8.04. The first kappa shape index (κ1) is 15.7. The predicted octanol–water partition coefficient (Wildman–Crippen LogP) is 1.98. The average Bonchev–Trinajstić information content (AvgIpc) is 2.29. The second-order valence-electron chi connectivity index (χ2n) is 4.22. The molecule has 0 aromatic heterocycles. The highest BCUT2D eigenvalue weighted by atomic mass is 16.4. The lowest BCUT2D eigenvalue weighted by Crippen LogP contribution is -2.46. The summed E-state index contributed by atoms with van der Waals surface area (Å²) < 4.78 is 0. The van der Waals surface area contributed by atoms with Crippen LogP contribution >= 0.6 is 0 Å². The summed E-state index contributed by atoms with van der Waals surface area (Å²) in [6.07, 6.45) is 3.19. The molecule has 1 atom stereocenters. The monoisotopic (exact) mass is 244 g/mol. The fourth-order valence-electron chi connectivity index (χ4n) is 1.57. The molecule has 0 radical (unpaired) electrons. The van der Waals surface area contributed by atoms with Gasteiger partial charge >= 0.3 is 12.0 Å². The van der Waals surface area contributed by atoms with E-state index in [-0.39, 0.29) is 0 Å². The maximum atomic E-state index is 11.5. The van der Waals surface area contributed by atoms with E-state index in [2.05, 4.69) is 24.5 Å². The van der Waals surface area contributed by atoms with Gasteiger partial charge in [0.05, 0.1) is 0 Å². The van der Waals surface area contributed by atoms with E-state index in [9.17, 15) is 9.59 Å². The topological polar surface area (TPSA) is 78.4 Å². The SMILES string of the molecule is CCC[C@H](NC(=O)NCC(CC)CC)C(=O)O. The molecule has 0 fully saturated rings. The van der Waals surface area contributed by atoms with Gasteiger partial charge in [-0.15, -0.1) is 0 Å². The fraction of sp³-hybridized carbons (Fsp3) is 0.833. The number of hydrogen-bond acceptors (Lipinski definition) is 2. The number of rotatable bonds is 8. The van der Waals surface area contributed by atoms with Crippen molar-refractivity contribution in [2.24, 2.45) is 5.92 Å². The molecule has 3 N–H and O–H groups in total. The van der Waals surface area contributed by atoms with Gasteiger partial charge in [-0.1, -0.05) is 40.0 Å². The summed E-state index contributed by atoms with van der Waals surface area (Å²) in [5.74, 6) is -0.528. The average molecular weight is 244 g/mol. The summed E-state index contributed by atoms with van der Waals surface area (Å²) in [5.41, 5.74) is 0. The van der Waals surface area contributed by atoms with Crippen molar-refractivity contribution < 1.29 is 14.7 Å². The Kier molecular flexibility index (Phi) is 8.19. The highest BCUT2D eigenvalue weighted by Crippen LogP contribution is 2.05. The van der Waals surface area contributed by atoms with Crippen molar-refractivity contribution in [1.29, 1.82) is 0 Å². The number of carbonyl (C=O) groups is 2. The van der Waals surface area contributed by atoms with Gasteiger partial charge in [-0.25, -0.2) is 9.59 Å². The third-order valence-corrected chi connectivity index (χ3v) is 2.89. The number of urea groups is 1. The molecule has 2 amide bonds. The van der Waals surface area contributed by atoms with E-state index in [1.807, 2.05) is 6.92 Å². The van der Waals surface area contributed by atoms with Gasteiger partial charge in [-0.3, -0.25) is 0 Å². The molecule has 0 aromatic rings. The third kappa shape index (κ3) is 6.81. The number of carboxylic acid groups (broad SMARTS) is 1. The summed E-state index contributed by atoms with van der Waals surface area (Å²) in [6, 6.07) is -1.18. The van der Waals surface area contributed by atoms with Gasteiger partial charge in [-0.2, -0.15) is 0 Å². The molecule has 5 nitrogen and oxygen atoms in total. The number of nitrogens with one attached hydrogen (secondary N) is 2. The second kappa shape index (κ2) is 8.84. The molecular weight excluding hydrogens is 220 g/mol. The number of hydrogen-bond donors (Lipinski definition) is 3. The van der Waals surface area contributed by atoms with E-state index < -0.39 is 18.0 Å². The first-order valence-electron chi connectivity index (χ1n) is 6.32. The molecule has 0 unspecified atom stereocenters. The largest absolute Gasteiger partial charge is 0.480 e. The van der Waals surface area contributed by atoms with Crippen molar-refractivity contribution in [3.8, 4) is 0 Å². The highest BCUT2D eigenvalue weighted by Gasteiger charge is 2.18. The standard InChI is InChI=1S/C12H24N2O3/c1-4-7-10(11(15)16)14-12(17)13-8-9(5-2)6-3/h9-10H,4-8H2,1-3H3,(H,15,16)(H2,13,14,17)/t10-/m0/s1. The van der Waals surface area contributed by atoms with Crippen molar-refractivity contribution in [1.82, 2.24) is 10.6 Å². The normalized spacial score (nSPS) is 12.2. The summed E-state index contributed by atoms with van der Waals surface area (Å²) >= 11 is 0. The van der Waals surface area contributed by atoms with Crippen molar-refractivity contribution >= 4 is 12.0 Å². The van der Waals surface area contributed by atoms with Crippen molar-refractivity contribution in [3.63, 3.8) is 0 Å². The minimum absolute atomic E-state index is 0.391. The van der Waals surface area contributed by atoms with Gasteiger partial charge in [0.2, 0.25) is 0 Å². The Balaban J connectivity index is 4.01. The van der Waals surface area contributed by atoms with E-state index in [1.165, 1.54) is 0 Å². The zero-order valence-corrected chi connectivity index (χ0v) is 11.0. The molecule has 0 saturated carbocycles. The molecule has 17 heavy (non-hydrogen) atoms. The molecule has 0 spiro atoms. The van der Waals surface area contributed by atoms with E-state index in [1.54, 1.807) is 0 Å². The van der Waals surface area contributed by atoms with Crippen LogP contribution in [0.2, 0.25) is 0 Å². The number of amides is 2. The highest BCUT2D eigenvalue weighted by molar-refractivity contribution is 5.82. The number of carboxylic acids is 1. The van der Waals surface area contributed by atoms with Crippen LogP contribution in [0.3, 0.4) is 0 Å². The fourth-order valence-corrected chi connectivity index (χ4v) is 1.57. The Morgan fingerprint density at radius 2 is 1.76 bits per heavy atom. The Morgan fingerprint density at radius 1 is 1.18 bits per heavy atom. The lowest BCUT2D eigenvalue weighted by molar-refractivity contribution is -0.139. The maximum Gasteiger partial charge on any atom is 0.326 e. The molecule has 0 aromatic carbocycles. The van der Waals surface area contributed by atoms with E-state index in [0.717, 1.165) is 19.3 Å². The Morgan fingerprint density at radius 3 is 2.18 bits per heavy atom. The van der Waals surface area contributed by atoms with E-state index >= 15 is 0 Å². The van der Waals surface area contributed by atoms with Gasteiger partial charge in [0.1, 0.15) is 6.04 Å². The number of aliphatic carboxylic acids is 1.